The fraction of sp³-hybridized carbons (Fsp3) is 0.200. The summed E-state index contributed by atoms with van der Waals surface area (Å²) in [5, 5.41) is 12.7. The van der Waals surface area contributed by atoms with Crippen LogP contribution in [0.1, 0.15) is 12.5 Å². The van der Waals surface area contributed by atoms with Gasteiger partial charge in [0, 0.05) is 11.8 Å². The number of nitrogens with zero attached hydrogens (tertiary/aromatic N) is 3. The summed E-state index contributed by atoms with van der Waals surface area (Å²) in [5.41, 5.74) is 2.63. The number of nitriles is 1. The molecule has 0 N–H and O–H groups in total. The molecular formula is C15H13N3O. The molecule has 1 aromatic carbocycles. The van der Waals surface area contributed by atoms with Crippen LogP contribution in [0.25, 0.3) is 11.1 Å². The van der Waals surface area contributed by atoms with E-state index >= 15 is 0 Å². The molecule has 1 heterocycles. The lowest BCUT2D eigenvalue weighted by atomic mass is 10.1. The highest BCUT2D eigenvalue weighted by Gasteiger charge is 2.06. The first-order valence-electron chi connectivity index (χ1n) is 5.91. The Morgan fingerprint density at radius 2 is 2.26 bits per heavy atom. The minimum atomic E-state index is 0.237. The monoisotopic (exact) mass is 251 g/mol. The average Bonchev–Trinajstić information content (AvgIpc) is 2.88. The molecular weight excluding hydrogens is 238 g/mol. The SMILES string of the molecule is C#Cc1ccc(-c2cnn(CC#N)c2)cc1OCC. The Hall–Kier alpha value is -2.72. The third kappa shape index (κ3) is 2.75. The Morgan fingerprint density at radius 1 is 1.42 bits per heavy atom. The topological polar surface area (TPSA) is 50.8 Å². The van der Waals surface area contributed by atoms with Crippen LogP contribution < -0.4 is 4.74 Å². The van der Waals surface area contributed by atoms with Gasteiger partial charge in [0.25, 0.3) is 0 Å². The van der Waals surface area contributed by atoms with Crippen LogP contribution in [0.2, 0.25) is 0 Å². The molecule has 0 saturated heterocycles. The van der Waals surface area contributed by atoms with Crippen LogP contribution in [-0.2, 0) is 6.54 Å². The number of hydrogen-bond acceptors (Lipinski definition) is 3. The van der Waals surface area contributed by atoms with Crippen LogP contribution in [0.3, 0.4) is 0 Å². The zero-order valence-electron chi connectivity index (χ0n) is 10.6. The Balaban J connectivity index is 2.37. The second-order valence-corrected chi connectivity index (χ2v) is 3.87. The van der Waals surface area contributed by atoms with Crippen molar-refractivity contribution in [3.8, 4) is 35.3 Å². The largest absolute Gasteiger partial charge is 0.493 e. The summed E-state index contributed by atoms with van der Waals surface area (Å²) < 4.78 is 7.11. The van der Waals surface area contributed by atoms with Crippen molar-refractivity contribution in [1.82, 2.24) is 9.78 Å². The van der Waals surface area contributed by atoms with E-state index in [-0.39, 0.29) is 6.54 Å². The summed E-state index contributed by atoms with van der Waals surface area (Å²) in [5.74, 6) is 3.29. The van der Waals surface area contributed by atoms with Crippen LogP contribution in [0.15, 0.2) is 30.6 Å². The molecule has 2 rings (SSSR count). The first-order chi connectivity index (χ1) is 9.28. The maximum absolute atomic E-state index is 8.63. The Labute approximate surface area is 112 Å². The van der Waals surface area contributed by atoms with E-state index in [0.29, 0.717) is 12.4 Å². The van der Waals surface area contributed by atoms with Gasteiger partial charge in [-0.1, -0.05) is 12.0 Å². The quantitative estimate of drug-likeness (QED) is 0.784. The van der Waals surface area contributed by atoms with E-state index in [1.165, 1.54) is 0 Å². The van der Waals surface area contributed by atoms with Crippen LogP contribution in [0.4, 0.5) is 0 Å². The zero-order chi connectivity index (χ0) is 13.7. The standard InChI is InChI=1S/C15H13N3O/c1-3-12-5-6-13(9-15(12)19-4-2)14-10-17-18(11-14)8-7-16/h1,5-6,9-11H,4,8H2,2H3. The summed E-state index contributed by atoms with van der Waals surface area (Å²) in [6.07, 6.45) is 8.97. The van der Waals surface area contributed by atoms with Crippen LogP contribution >= 0.6 is 0 Å². The second kappa shape index (κ2) is 5.75. The van der Waals surface area contributed by atoms with Gasteiger partial charge in [0.15, 0.2) is 0 Å². The van der Waals surface area contributed by atoms with Crippen molar-refractivity contribution in [2.45, 2.75) is 13.5 Å². The highest BCUT2D eigenvalue weighted by molar-refractivity contribution is 5.66. The number of ether oxygens (including phenoxy) is 1. The first kappa shape index (κ1) is 12.7. The summed E-state index contributed by atoms with van der Waals surface area (Å²) in [7, 11) is 0. The third-order valence-electron chi connectivity index (χ3n) is 2.64. The molecule has 0 aliphatic heterocycles. The van der Waals surface area contributed by atoms with Gasteiger partial charge in [-0.25, -0.2) is 0 Å². The van der Waals surface area contributed by atoms with Gasteiger partial charge in [0.05, 0.1) is 24.4 Å². The third-order valence-corrected chi connectivity index (χ3v) is 2.64. The van der Waals surface area contributed by atoms with Crippen molar-refractivity contribution in [3.63, 3.8) is 0 Å². The molecule has 0 saturated carbocycles. The van der Waals surface area contributed by atoms with Crippen molar-refractivity contribution in [3.05, 3.63) is 36.2 Å². The fourth-order valence-electron chi connectivity index (χ4n) is 1.77. The van der Waals surface area contributed by atoms with Gasteiger partial charge in [-0.3, -0.25) is 4.68 Å². The van der Waals surface area contributed by atoms with Crippen molar-refractivity contribution >= 4 is 0 Å². The molecule has 0 amide bonds. The molecule has 0 aliphatic rings. The number of aromatic nitrogens is 2. The van der Waals surface area contributed by atoms with E-state index in [1.54, 1.807) is 10.9 Å². The van der Waals surface area contributed by atoms with Gasteiger partial charge in [-0.05, 0) is 24.6 Å². The summed E-state index contributed by atoms with van der Waals surface area (Å²) in [4.78, 5) is 0. The first-order valence-corrected chi connectivity index (χ1v) is 5.91. The Morgan fingerprint density at radius 3 is 2.95 bits per heavy atom. The van der Waals surface area contributed by atoms with E-state index in [4.69, 9.17) is 16.4 Å². The van der Waals surface area contributed by atoms with Gasteiger partial charge in [-0.2, -0.15) is 10.4 Å². The number of hydrogen-bond donors (Lipinski definition) is 0. The molecule has 0 atom stereocenters. The van der Waals surface area contributed by atoms with Gasteiger partial charge in [0.2, 0.25) is 0 Å². The van der Waals surface area contributed by atoms with E-state index in [2.05, 4.69) is 11.0 Å². The maximum atomic E-state index is 8.63. The highest BCUT2D eigenvalue weighted by Crippen LogP contribution is 2.26. The lowest BCUT2D eigenvalue weighted by Gasteiger charge is -2.07. The predicted molar refractivity (Wildman–Crippen MR) is 72.4 cm³/mol. The van der Waals surface area contributed by atoms with Crippen molar-refractivity contribution in [2.24, 2.45) is 0 Å². The molecule has 0 spiro atoms. The molecule has 4 heteroatoms. The van der Waals surface area contributed by atoms with Crippen LogP contribution in [0.5, 0.6) is 5.75 Å². The van der Waals surface area contributed by atoms with E-state index in [1.807, 2.05) is 37.4 Å². The molecule has 1 aromatic heterocycles. The molecule has 0 radical (unpaired) electrons. The average molecular weight is 251 g/mol. The van der Waals surface area contributed by atoms with E-state index < -0.39 is 0 Å². The minimum absolute atomic E-state index is 0.237. The van der Waals surface area contributed by atoms with Gasteiger partial charge in [0.1, 0.15) is 12.3 Å². The predicted octanol–water partition coefficient (Wildman–Crippen LogP) is 2.45. The lowest BCUT2D eigenvalue weighted by Crippen LogP contribution is -1.95. The zero-order valence-corrected chi connectivity index (χ0v) is 10.6. The van der Waals surface area contributed by atoms with Crippen molar-refractivity contribution in [1.29, 1.82) is 5.26 Å². The molecule has 0 bridgehead atoms. The molecule has 0 fully saturated rings. The Bertz CT molecular complexity index is 659. The van der Waals surface area contributed by atoms with Crippen molar-refractivity contribution in [2.75, 3.05) is 6.61 Å². The summed E-state index contributed by atoms with van der Waals surface area (Å²) in [6.45, 7) is 2.71. The number of rotatable bonds is 4. The normalized spacial score (nSPS) is 9.63. The van der Waals surface area contributed by atoms with Crippen LogP contribution in [-0.4, -0.2) is 16.4 Å². The fourth-order valence-corrected chi connectivity index (χ4v) is 1.77. The molecule has 2 aromatic rings. The smallest absolute Gasteiger partial charge is 0.135 e. The van der Waals surface area contributed by atoms with E-state index in [9.17, 15) is 0 Å². The van der Waals surface area contributed by atoms with Gasteiger partial charge < -0.3 is 4.74 Å². The molecule has 19 heavy (non-hydrogen) atoms. The maximum Gasteiger partial charge on any atom is 0.135 e. The van der Waals surface area contributed by atoms with Gasteiger partial charge in [-0.15, -0.1) is 6.42 Å². The lowest BCUT2D eigenvalue weighted by molar-refractivity contribution is 0.339. The van der Waals surface area contributed by atoms with Crippen LogP contribution in [0, 0.1) is 23.7 Å². The highest BCUT2D eigenvalue weighted by atomic mass is 16.5. The van der Waals surface area contributed by atoms with Gasteiger partial charge >= 0.3 is 0 Å². The second-order valence-electron chi connectivity index (χ2n) is 3.87. The van der Waals surface area contributed by atoms with E-state index in [0.717, 1.165) is 16.7 Å². The summed E-state index contributed by atoms with van der Waals surface area (Å²) >= 11 is 0. The molecule has 94 valence electrons. The summed E-state index contributed by atoms with van der Waals surface area (Å²) in [6, 6.07) is 7.71. The number of benzene rings is 1. The molecule has 4 nitrogen and oxygen atoms in total. The number of terminal acetylenes is 1. The van der Waals surface area contributed by atoms with Crippen molar-refractivity contribution < 1.29 is 4.74 Å². The molecule has 0 unspecified atom stereocenters. The minimum Gasteiger partial charge on any atom is -0.493 e. The molecule has 0 aliphatic carbocycles. The Kier molecular flexibility index (Phi) is 3.85.